The van der Waals surface area contributed by atoms with Crippen molar-refractivity contribution in [3.8, 4) is 0 Å². The Labute approximate surface area is 132 Å². The van der Waals surface area contributed by atoms with Crippen molar-refractivity contribution in [1.82, 2.24) is 0 Å². The Kier molecular flexibility index (Phi) is 3.58. The van der Waals surface area contributed by atoms with E-state index in [0.29, 0.717) is 12.3 Å². The molecule has 0 radical (unpaired) electrons. The minimum Gasteiger partial charge on any atom is -0.294 e. The number of fused-ring (bicyclic) bond motifs is 2. The van der Waals surface area contributed by atoms with Crippen LogP contribution in [0.3, 0.4) is 0 Å². The molecule has 0 saturated heterocycles. The van der Waals surface area contributed by atoms with Crippen molar-refractivity contribution in [2.45, 2.75) is 40.0 Å². The van der Waals surface area contributed by atoms with Crippen LogP contribution in [0.15, 0.2) is 47.1 Å². The molecule has 0 bridgehead atoms. The van der Waals surface area contributed by atoms with Gasteiger partial charge in [0.2, 0.25) is 0 Å². The quantitative estimate of drug-likeness (QED) is 0.680. The maximum atomic E-state index is 12.7. The fourth-order valence-electron chi connectivity index (χ4n) is 4.46. The molecule has 0 heterocycles. The van der Waals surface area contributed by atoms with E-state index < -0.39 is 0 Å². The Morgan fingerprint density at radius 3 is 2.64 bits per heavy atom. The van der Waals surface area contributed by atoms with E-state index in [4.69, 9.17) is 0 Å². The smallest absolute Gasteiger partial charge is 0.184 e. The van der Waals surface area contributed by atoms with Crippen molar-refractivity contribution in [2.75, 3.05) is 0 Å². The number of hydrogen-bond acceptors (Lipinski definition) is 2. The lowest BCUT2D eigenvalue weighted by Gasteiger charge is -2.39. The van der Waals surface area contributed by atoms with Gasteiger partial charge in [-0.1, -0.05) is 37.3 Å². The molecule has 0 aromatic heterocycles. The summed E-state index contributed by atoms with van der Waals surface area (Å²) in [5.74, 6) is 0.640. The minimum atomic E-state index is -0.0708. The van der Waals surface area contributed by atoms with Gasteiger partial charge in [0.1, 0.15) is 0 Å². The Hall–Kier alpha value is -1.70. The average molecular weight is 296 g/mol. The third-order valence-corrected chi connectivity index (χ3v) is 5.63. The van der Waals surface area contributed by atoms with Crippen LogP contribution < -0.4 is 0 Å². The van der Waals surface area contributed by atoms with Gasteiger partial charge in [0.15, 0.2) is 11.6 Å². The van der Waals surface area contributed by atoms with Gasteiger partial charge in [-0.15, -0.1) is 0 Å². The van der Waals surface area contributed by atoms with E-state index in [9.17, 15) is 9.59 Å². The van der Waals surface area contributed by atoms with Gasteiger partial charge in [-0.2, -0.15) is 0 Å². The Bertz CT molecular complexity index is 659. The van der Waals surface area contributed by atoms with Crippen molar-refractivity contribution in [3.63, 3.8) is 0 Å². The van der Waals surface area contributed by atoms with Gasteiger partial charge in [0, 0.05) is 23.0 Å². The van der Waals surface area contributed by atoms with Crippen molar-refractivity contribution in [3.05, 3.63) is 47.1 Å². The highest BCUT2D eigenvalue weighted by atomic mass is 16.1. The Balaban J connectivity index is 2.19. The van der Waals surface area contributed by atoms with E-state index in [0.717, 1.165) is 40.7 Å². The number of carbonyl (C=O) groups is 2. The highest BCUT2D eigenvalue weighted by molar-refractivity contribution is 6.17. The van der Waals surface area contributed by atoms with Crippen LogP contribution in [0.1, 0.15) is 40.0 Å². The molecule has 0 aromatic rings. The molecule has 0 amide bonds. The summed E-state index contributed by atoms with van der Waals surface area (Å²) in [7, 11) is 0. The zero-order chi connectivity index (χ0) is 16.2. The molecule has 1 saturated carbocycles. The van der Waals surface area contributed by atoms with Gasteiger partial charge in [0.25, 0.3) is 0 Å². The molecule has 4 atom stereocenters. The molecule has 2 unspecified atom stereocenters. The van der Waals surface area contributed by atoms with Gasteiger partial charge < -0.3 is 0 Å². The monoisotopic (exact) mass is 296 g/mol. The van der Waals surface area contributed by atoms with Crippen LogP contribution in [0.4, 0.5) is 0 Å². The van der Waals surface area contributed by atoms with E-state index in [1.807, 2.05) is 13.8 Å². The maximum Gasteiger partial charge on any atom is 0.184 e. The first kappa shape index (κ1) is 15.2. The number of Topliss-reactive ketones (excluding diaryl/α,β-unsaturated/α-hetero) is 2. The summed E-state index contributed by atoms with van der Waals surface area (Å²) in [4.78, 5) is 25.4. The second-order valence-corrected chi connectivity index (χ2v) is 7.25. The molecule has 1 fully saturated rings. The highest BCUT2D eigenvalue weighted by Crippen LogP contribution is 2.50. The van der Waals surface area contributed by atoms with Crippen LogP contribution in [0, 0.1) is 23.7 Å². The SMILES string of the molecule is C=C(C)C1CCC(=C)C2C3=C(C[C@@H](C)C3=O)C(=O)C(C)=C[C@@H]12. The molecule has 116 valence electrons. The van der Waals surface area contributed by atoms with Gasteiger partial charge >= 0.3 is 0 Å². The van der Waals surface area contributed by atoms with E-state index >= 15 is 0 Å². The van der Waals surface area contributed by atoms with Crippen LogP contribution in [-0.4, -0.2) is 11.6 Å². The van der Waals surface area contributed by atoms with Crippen molar-refractivity contribution >= 4 is 11.6 Å². The topological polar surface area (TPSA) is 34.1 Å². The lowest BCUT2D eigenvalue weighted by Crippen LogP contribution is -2.32. The fourth-order valence-corrected chi connectivity index (χ4v) is 4.46. The molecule has 0 N–H and O–H groups in total. The van der Waals surface area contributed by atoms with Crippen molar-refractivity contribution in [2.24, 2.45) is 23.7 Å². The zero-order valence-electron chi connectivity index (χ0n) is 13.7. The maximum absolute atomic E-state index is 12.7. The molecule has 3 aliphatic carbocycles. The summed E-state index contributed by atoms with van der Waals surface area (Å²) in [6.07, 6.45) is 4.61. The molecule has 0 aliphatic heterocycles. The molecular formula is C20H24O2. The number of allylic oxidation sites excluding steroid dienone is 6. The second-order valence-electron chi connectivity index (χ2n) is 7.25. The number of ketones is 2. The molecule has 22 heavy (non-hydrogen) atoms. The summed E-state index contributed by atoms with van der Waals surface area (Å²) in [6.45, 7) is 14.3. The molecule has 0 aromatic carbocycles. The third-order valence-electron chi connectivity index (χ3n) is 5.63. The summed E-state index contributed by atoms with van der Waals surface area (Å²) in [6, 6.07) is 0. The molecular weight excluding hydrogens is 272 g/mol. The number of carbonyl (C=O) groups excluding carboxylic acids is 2. The first-order chi connectivity index (χ1) is 10.3. The predicted molar refractivity (Wildman–Crippen MR) is 88.2 cm³/mol. The number of hydrogen-bond donors (Lipinski definition) is 0. The summed E-state index contributed by atoms with van der Waals surface area (Å²) in [5, 5.41) is 0. The summed E-state index contributed by atoms with van der Waals surface area (Å²) >= 11 is 0. The van der Waals surface area contributed by atoms with Crippen LogP contribution in [-0.2, 0) is 9.59 Å². The Morgan fingerprint density at radius 1 is 1.32 bits per heavy atom. The van der Waals surface area contributed by atoms with Crippen LogP contribution in [0.2, 0.25) is 0 Å². The van der Waals surface area contributed by atoms with Crippen LogP contribution in [0.25, 0.3) is 0 Å². The van der Waals surface area contributed by atoms with Gasteiger partial charge in [-0.25, -0.2) is 0 Å². The number of rotatable bonds is 1. The third kappa shape index (κ3) is 2.08. The summed E-state index contributed by atoms with van der Waals surface area (Å²) < 4.78 is 0. The molecule has 2 heteroatoms. The predicted octanol–water partition coefficient (Wildman–Crippen LogP) is 4.20. The molecule has 0 spiro atoms. The van der Waals surface area contributed by atoms with E-state index in [2.05, 4.69) is 26.2 Å². The van der Waals surface area contributed by atoms with Crippen molar-refractivity contribution in [1.29, 1.82) is 0 Å². The van der Waals surface area contributed by atoms with Crippen molar-refractivity contribution < 1.29 is 9.59 Å². The molecule has 3 rings (SSSR count). The lowest BCUT2D eigenvalue weighted by atomic mass is 9.64. The van der Waals surface area contributed by atoms with Gasteiger partial charge in [-0.3, -0.25) is 9.59 Å². The first-order valence-corrected chi connectivity index (χ1v) is 8.16. The van der Waals surface area contributed by atoms with Crippen LogP contribution in [0.5, 0.6) is 0 Å². The standard InChI is InChI=1S/C20H24O2/c1-10(2)14-7-6-11(3)17-15(14)8-12(4)19(21)16-9-13(5)20(22)18(16)17/h8,13-15,17H,1,3,6-7,9H2,2,4-5H3/t13-,14?,15+,17?/m1/s1. The lowest BCUT2D eigenvalue weighted by molar-refractivity contribution is -0.118. The van der Waals surface area contributed by atoms with Gasteiger partial charge in [0.05, 0.1) is 0 Å². The van der Waals surface area contributed by atoms with Crippen LogP contribution >= 0.6 is 0 Å². The highest BCUT2D eigenvalue weighted by Gasteiger charge is 2.46. The average Bonchev–Trinajstić information content (AvgIpc) is 2.68. The summed E-state index contributed by atoms with van der Waals surface area (Å²) in [5.41, 5.74) is 4.55. The first-order valence-electron chi connectivity index (χ1n) is 8.16. The largest absolute Gasteiger partial charge is 0.294 e. The minimum absolute atomic E-state index is 0.00398. The zero-order valence-corrected chi connectivity index (χ0v) is 13.7. The molecule has 2 nitrogen and oxygen atoms in total. The molecule has 3 aliphatic rings. The van der Waals surface area contributed by atoms with Gasteiger partial charge in [-0.05, 0) is 50.5 Å². The fraction of sp³-hybridized carbons (Fsp3) is 0.500. The van der Waals surface area contributed by atoms with E-state index in [1.54, 1.807) is 0 Å². The normalized spacial score (nSPS) is 35.0. The Morgan fingerprint density at radius 2 is 2.00 bits per heavy atom. The van der Waals surface area contributed by atoms with E-state index in [1.165, 1.54) is 0 Å². The van der Waals surface area contributed by atoms with E-state index in [-0.39, 0.29) is 29.3 Å². The second kappa shape index (κ2) is 5.19.